The van der Waals surface area contributed by atoms with E-state index in [4.69, 9.17) is 21.1 Å². The Hall–Kier alpha value is -0.320. The second-order valence-corrected chi connectivity index (χ2v) is 4.18. The number of amides is 1. The van der Waals surface area contributed by atoms with Crippen molar-refractivity contribution in [3.63, 3.8) is 0 Å². The highest BCUT2D eigenvalue weighted by atomic mass is 35.5. The number of carbonyl (C=O) groups is 1. The van der Waals surface area contributed by atoms with Crippen LogP contribution in [0.3, 0.4) is 0 Å². The van der Waals surface area contributed by atoms with E-state index in [0.29, 0.717) is 32.2 Å². The molecule has 1 fully saturated rings. The first kappa shape index (κ1) is 13.7. The Morgan fingerprint density at radius 2 is 2.38 bits per heavy atom. The van der Waals surface area contributed by atoms with Gasteiger partial charge in [-0.1, -0.05) is 6.92 Å². The average molecular weight is 250 g/mol. The molecule has 5 heteroatoms. The third-order valence-corrected chi connectivity index (χ3v) is 2.87. The van der Waals surface area contributed by atoms with Crippen molar-refractivity contribution >= 4 is 17.5 Å². The van der Waals surface area contributed by atoms with Gasteiger partial charge in [0, 0.05) is 19.0 Å². The van der Waals surface area contributed by atoms with Gasteiger partial charge in [0.2, 0.25) is 5.91 Å². The van der Waals surface area contributed by atoms with Gasteiger partial charge in [-0.25, -0.2) is 0 Å². The number of rotatable bonds is 7. The van der Waals surface area contributed by atoms with Gasteiger partial charge in [0.15, 0.2) is 0 Å². The fraction of sp³-hybridized carbons (Fsp3) is 0.909. The van der Waals surface area contributed by atoms with Crippen molar-refractivity contribution in [1.82, 2.24) is 5.32 Å². The summed E-state index contributed by atoms with van der Waals surface area (Å²) in [4.78, 5) is 11.8. The van der Waals surface area contributed by atoms with E-state index in [2.05, 4.69) is 5.32 Å². The highest BCUT2D eigenvalue weighted by Gasteiger charge is 2.32. The van der Waals surface area contributed by atoms with E-state index in [1.165, 1.54) is 0 Å². The fourth-order valence-corrected chi connectivity index (χ4v) is 1.99. The van der Waals surface area contributed by atoms with Crippen LogP contribution in [0.1, 0.15) is 19.8 Å². The molecule has 0 aromatic carbocycles. The van der Waals surface area contributed by atoms with Gasteiger partial charge < -0.3 is 14.8 Å². The molecule has 0 aliphatic carbocycles. The minimum absolute atomic E-state index is 0.0121. The van der Waals surface area contributed by atoms with Gasteiger partial charge >= 0.3 is 0 Å². The summed E-state index contributed by atoms with van der Waals surface area (Å²) in [5.74, 6) is 0.583. The van der Waals surface area contributed by atoms with Crippen LogP contribution in [0.5, 0.6) is 0 Å². The molecule has 16 heavy (non-hydrogen) atoms. The van der Waals surface area contributed by atoms with E-state index in [1.54, 1.807) is 0 Å². The Labute approximate surface area is 102 Å². The normalized spacial score (nSPS) is 24.6. The zero-order chi connectivity index (χ0) is 11.8. The quantitative estimate of drug-likeness (QED) is 0.544. The predicted octanol–water partition coefficient (Wildman–Crippen LogP) is 1.17. The monoisotopic (exact) mass is 249 g/mol. The lowest BCUT2D eigenvalue weighted by Crippen LogP contribution is -2.36. The second-order valence-electron chi connectivity index (χ2n) is 3.81. The predicted molar refractivity (Wildman–Crippen MR) is 62.7 cm³/mol. The Morgan fingerprint density at radius 3 is 3.06 bits per heavy atom. The lowest BCUT2D eigenvalue weighted by Gasteiger charge is -2.16. The lowest BCUT2D eigenvalue weighted by atomic mass is 9.99. The Morgan fingerprint density at radius 1 is 1.56 bits per heavy atom. The molecule has 0 aromatic rings. The molecule has 1 saturated heterocycles. The summed E-state index contributed by atoms with van der Waals surface area (Å²) in [6.45, 7) is 4.33. The van der Waals surface area contributed by atoms with Crippen molar-refractivity contribution < 1.29 is 14.3 Å². The van der Waals surface area contributed by atoms with E-state index >= 15 is 0 Å². The molecule has 2 atom stereocenters. The van der Waals surface area contributed by atoms with Gasteiger partial charge in [-0.05, 0) is 12.8 Å². The highest BCUT2D eigenvalue weighted by molar-refractivity contribution is 6.17. The van der Waals surface area contributed by atoms with E-state index in [9.17, 15) is 4.79 Å². The first-order chi connectivity index (χ1) is 7.79. The van der Waals surface area contributed by atoms with Crippen LogP contribution in [0, 0.1) is 5.92 Å². The van der Waals surface area contributed by atoms with Crippen LogP contribution in [0.2, 0.25) is 0 Å². The van der Waals surface area contributed by atoms with Gasteiger partial charge in [0.1, 0.15) is 0 Å². The number of nitrogens with one attached hydrogen (secondary N) is 1. The van der Waals surface area contributed by atoms with E-state index in [1.807, 2.05) is 6.92 Å². The van der Waals surface area contributed by atoms with Crippen LogP contribution in [-0.2, 0) is 14.3 Å². The van der Waals surface area contributed by atoms with Crippen LogP contribution >= 0.6 is 11.6 Å². The maximum absolute atomic E-state index is 11.8. The molecule has 1 rings (SSSR count). The maximum Gasteiger partial charge on any atom is 0.225 e. The largest absolute Gasteiger partial charge is 0.378 e. The number of alkyl halides is 1. The van der Waals surface area contributed by atoms with E-state index in [0.717, 1.165) is 12.8 Å². The standard InChI is InChI=1S/C11H20ClNO3/c1-2-10-9(3-6-16-10)11(14)13-5-8-15-7-4-12/h9-10H,2-8H2,1H3,(H,13,14). The Kier molecular flexibility index (Phi) is 6.76. The maximum atomic E-state index is 11.8. The molecule has 1 amide bonds. The van der Waals surface area contributed by atoms with Crippen LogP contribution in [0.25, 0.3) is 0 Å². The third kappa shape index (κ3) is 4.28. The molecule has 1 heterocycles. The van der Waals surface area contributed by atoms with Crippen LogP contribution in [-0.4, -0.2) is 44.3 Å². The summed E-state index contributed by atoms with van der Waals surface area (Å²) >= 11 is 5.46. The van der Waals surface area contributed by atoms with Gasteiger partial charge in [-0.15, -0.1) is 11.6 Å². The zero-order valence-electron chi connectivity index (χ0n) is 9.71. The van der Waals surface area contributed by atoms with Crippen molar-refractivity contribution in [2.24, 2.45) is 5.92 Å². The van der Waals surface area contributed by atoms with Crippen LogP contribution in [0.4, 0.5) is 0 Å². The minimum Gasteiger partial charge on any atom is -0.378 e. The summed E-state index contributed by atoms with van der Waals surface area (Å²) in [7, 11) is 0. The molecule has 0 spiro atoms. The SMILES string of the molecule is CCC1OCCC1C(=O)NCCOCCCl. The molecule has 1 aliphatic rings. The zero-order valence-corrected chi connectivity index (χ0v) is 10.5. The first-order valence-corrected chi connectivity index (χ1v) is 6.36. The summed E-state index contributed by atoms with van der Waals surface area (Å²) in [6, 6.07) is 0. The van der Waals surface area contributed by atoms with Crippen molar-refractivity contribution in [3.05, 3.63) is 0 Å². The smallest absolute Gasteiger partial charge is 0.225 e. The lowest BCUT2D eigenvalue weighted by molar-refractivity contribution is -0.126. The van der Waals surface area contributed by atoms with Crippen molar-refractivity contribution in [2.45, 2.75) is 25.9 Å². The van der Waals surface area contributed by atoms with Crippen molar-refractivity contribution in [2.75, 3.05) is 32.2 Å². The van der Waals surface area contributed by atoms with Crippen molar-refractivity contribution in [1.29, 1.82) is 0 Å². The fourth-order valence-electron chi connectivity index (χ4n) is 1.88. The molecule has 1 aliphatic heterocycles. The molecule has 0 bridgehead atoms. The van der Waals surface area contributed by atoms with Gasteiger partial charge in [-0.2, -0.15) is 0 Å². The average Bonchev–Trinajstić information content (AvgIpc) is 2.76. The summed E-state index contributed by atoms with van der Waals surface area (Å²) in [6.07, 6.45) is 1.80. The van der Waals surface area contributed by atoms with Crippen LogP contribution < -0.4 is 5.32 Å². The molecular formula is C11H20ClNO3. The van der Waals surface area contributed by atoms with Gasteiger partial charge in [-0.3, -0.25) is 4.79 Å². The molecule has 4 nitrogen and oxygen atoms in total. The first-order valence-electron chi connectivity index (χ1n) is 5.82. The minimum atomic E-state index is 0.0121. The number of hydrogen-bond acceptors (Lipinski definition) is 3. The summed E-state index contributed by atoms with van der Waals surface area (Å²) in [5, 5.41) is 2.86. The highest BCUT2D eigenvalue weighted by Crippen LogP contribution is 2.23. The third-order valence-electron chi connectivity index (χ3n) is 2.72. The van der Waals surface area contributed by atoms with Crippen molar-refractivity contribution in [3.8, 4) is 0 Å². The van der Waals surface area contributed by atoms with Gasteiger partial charge in [0.25, 0.3) is 0 Å². The number of carbonyl (C=O) groups excluding carboxylic acids is 1. The molecular weight excluding hydrogens is 230 g/mol. The number of ether oxygens (including phenoxy) is 2. The summed E-state index contributed by atoms with van der Waals surface area (Å²) < 4.78 is 10.6. The Bertz CT molecular complexity index is 213. The number of halogens is 1. The molecule has 94 valence electrons. The molecule has 1 N–H and O–H groups in total. The van der Waals surface area contributed by atoms with E-state index in [-0.39, 0.29) is 17.9 Å². The Balaban J connectivity index is 2.14. The molecule has 0 aromatic heterocycles. The van der Waals surface area contributed by atoms with Gasteiger partial charge in [0.05, 0.1) is 25.2 Å². The molecule has 0 radical (unpaired) electrons. The molecule has 2 unspecified atom stereocenters. The molecule has 0 saturated carbocycles. The topological polar surface area (TPSA) is 47.6 Å². The number of hydrogen-bond donors (Lipinski definition) is 1. The second kappa shape index (κ2) is 7.87. The summed E-state index contributed by atoms with van der Waals surface area (Å²) in [5.41, 5.74) is 0. The van der Waals surface area contributed by atoms with Crippen LogP contribution in [0.15, 0.2) is 0 Å². The van der Waals surface area contributed by atoms with E-state index < -0.39 is 0 Å².